The first-order valence-corrected chi connectivity index (χ1v) is 13.8. The van der Waals surface area contributed by atoms with Crippen LogP contribution < -0.4 is 5.63 Å². The fraction of sp³-hybridized carbons (Fsp3) is 0.0882. The van der Waals surface area contributed by atoms with Crippen LogP contribution in [0.15, 0.2) is 124 Å². The zero-order chi connectivity index (χ0) is 29.5. The van der Waals surface area contributed by atoms with E-state index in [2.05, 4.69) is 0 Å². The third kappa shape index (κ3) is 4.76. The number of benzene rings is 4. The van der Waals surface area contributed by atoms with E-state index in [1.54, 1.807) is 41.1 Å². The molecule has 3 heterocycles. The molecule has 9 nitrogen and oxygen atoms in total. The van der Waals surface area contributed by atoms with Crippen molar-refractivity contribution in [2.75, 3.05) is 0 Å². The number of fused-ring (bicyclic) bond motifs is 2. The maximum atomic E-state index is 13.3. The highest BCUT2D eigenvalue weighted by Gasteiger charge is 2.30. The van der Waals surface area contributed by atoms with Gasteiger partial charge in [0.1, 0.15) is 16.9 Å². The number of hydrogen-bond acceptors (Lipinski definition) is 7. The molecule has 1 unspecified atom stereocenters. The van der Waals surface area contributed by atoms with Gasteiger partial charge in [-0.2, -0.15) is 5.10 Å². The first-order chi connectivity index (χ1) is 21.0. The number of rotatable bonds is 5. The Kier molecular flexibility index (Phi) is 6.39. The third-order valence-electron chi connectivity index (χ3n) is 7.78. The van der Waals surface area contributed by atoms with Crippen molar-refractivity contribution < 1.29 is 14.4 Å². The quantitative estimate of drug-likeness (QED) is 0.134. The molecule has 1 N–H and O–H groups in total. The zero-order valence-electron chi connectivity index (χ0n) is 22.8. The molecule has 1 aliphatic rings. The predicted octanol–water partition coefficient (Wildman–Crippen LogP) is 7.11. The van der Waals surface area contributed by atoms with E-state index in [0.29, 0.717) is 40.9 Å². The van der Waals surface area contributed by atoms with E-state index in [1.807, 2.05) is 60.8 Å². The summed E-state index contributed by atoms with van der Waals surface area (Å²) >= 11 is 0. The van der Waals surface area contributed by atoms with Gasteiger partial charge < -0.3 is 9.52 Å². The average Bonchev–Trinajstić information content (AvgIpc) is 3.38. The number of non-ortho nitro benzene ring substituents is 1. The van der Waals surface area contributed by atoms with Crippen LogP contribution in [-0.2, 0) is 6.42 Å². The van der Waals surface area contributed by atoms with Crippen LogP contribution in [0.2, 0.25) is 0 Å². The minimum absolute atomic E-state index is 0.0101. The largest absolute Gasteiger partial charge is 0.506 e. The lowest BCUT2D eigenvalue weighted by Crippen LogP contribution is -2.18. The first-order valence-electron chi connectivity index (χ1n) is 13.8. The van der Waals surface area contributed by atoms with Crippen LogP contribution in [0.5, 0.6) is 5.75 Å². The van der Waals surface area contributed by atoms with Gasteiger partial charge in [-0.25, -0.2) is 9.48 Å². The molecule has 0 spiro atoms. The van der Waals surface area contributed by atoms with Gasteiger partial charge in [-0.15, -0.1) is 0 Å². The Labute approximate surface area is 245 Å². The predicted molar refractivity (Wildman–Crippen MR) is 164 cm³/mol. The zero-order valence-corrected chi connectivity index (χ0v) is 22.8. The molecule has 2 aromatic heterocycles. The Balaban J connectivity index is 1.41. The molecule has 7 rings (SSSR count). The van der Waals surface area contributed by atoms with Gasteiger partial charge in [-0.3, -0.25) is 15.1 Å². The van der Waals surface area contributed by atoms with Crippen LogP contribution in [0, 0.1) is 10.1 Å². The Morgan fingerprint density at radius 2 is 1.60 bits per heavy atom. The monoisotopic (exact) mass is 568 g/mol. The lowest BCUT2D eigenvalue weighted by atomic mass is 9.86. The minimum atomic E-state index is -0.663. The summed E-state index contributed by atoms with van der Waals surface area (Å²) in [5.41, 5.74) is 4.88. The molecule has 210 valence electrons. The molecule has 0 saturated heterocycles. The average molecular weight is 569 g/mol. The minimum Gasteiger partial charge on any atom is -0.506 e. The number of aromatic nitrogens is 2. The fourth-order valence-electron chi connectivity index (χ4n) is 5.68. The molecule has 0 fully saturated rings. The van der Waals surface area contributed by atoms with Crippen molar-refractivity contribution in [3.8, 4) is 22.7 Å². The number of aliphatic imine (C=N–C) groups is 1. The molecule has 0 amide bonds. The number of hydrogen-bond donors (Lipinski definition) is 1. The lowest BCUT2D eigenvalue weighted by Gasteiger charge is -2.17. The second-order valence-corrected chi connectivity index (χ2v) is 10.4. The third-order valence-corrected chi connectivity index (χ3v) is 7.78. The van der Waals surface area contributed by atoms with Crippen LogP contribution in [-0.4, -0.2) is 25.5 Å². The van der Waals surface area contributed by atoms with Crippen LogP contribution in [0.3, 0.4) is 0 Å². The van der Waals surface area contributed by atoms with Gasteiger partial charge in [0.05, 0.1) is 33.1 Å². The van der Waals surface area contributed by atoms with E-state index in [9.17, 15) is 20.0 Å². The molecule has 43 heavy (non-hydrogen) atoms. The second-order valence-electron chi connectivity index (χ2n) is 10.4. The standard InChI is InChI=1S/C34H24N4O5/c39-33-26-11-5-7-13-30(26)43-34(40)31(33)29-19-23(18-22-8-4-6-12-28(22)35-29)27-20-37(24-9-2-1-3-10-24)36-32(27)21-14-16-25(17-15-21)38(41)42/h1-17,20,23,39H,18-19H2. The lowest BCUT2D eigenvalue weighted by molar-refractivity contribution is -0.384. The molecule has 0 saturated carbocycles. The molecule has 1 atom stereocenters. The van der Waals surface area contributed by atoms with Crippen molar-refractivity contribution in [1.29, 1.82) is 0 Å². The Bertz CT molecular complexity index is 2100. The summed E-state index contributed by atoms with van der Waals surface area (Å²) in [5.74, 6) is -0.380. The van der Waals surface area contributed by atoms with Crippen LogP contribution in [0.25, 0.3) is 27.9 Å². The Hall–Kier alpha value is -5.83. The van der Waals surface area contributed by atoms with E-state index in [-0.39, 0.29) is 22.9 Å². The highest BCUT2D eigenvalue weighted by atomic mass is 16.6. The number of nitrogens with zero attached hydrogens (tertiary/aromatic N) is 4. The number of para-hydroxylation sites is 3. The van der Waals surface area contributed by atoms with E-state index < -0.39 is 10.5 Å². The van der Waals surface area contributed by atoms with Gasteiger partial charge >= 0.3 is 5.63 Å². The second kappa shape index (κ2) is 10.5. The number of nitro groups is 1. The number of nitro benzene ring substituents is 1. The molecule has 0 radical (unpaired) electrons. The van der Waals surface area contributed by atoms with Gasteiger partial charge in [-0.05, 0) is 66.8 Å². The molecule has 1 aliphatic heterocycles. The summed E-state index contributed by atoms with van der Waals surface area (Å²) in [6, 6.07) is 30.6. The van der Waals surface area contributed by atoms with Crippen molar-refractivity contribution in [2.45, 2.75) is 18.8 Å². The van der Waals surface area contributed by atoms with E-state index in [0.717, 1.165) is 22.4 Å². The van der Waals surface area contributed by atoms with Crippen molar-refractivity contribution in [2.24, 2.45) is 4.99 Å². The molecule has 4 aromatic carbocycles. The Morgan fingerprint density at radius 3 is 2.40 bits per heavy atom. The van der Waals surface area contributed by atoms with Gasteiger partial charge in [0.15, 0.2) is 0 Å². The van der Waals surface area contributed by atoms with E-state index in [4.69, 9.17) is 14.5 Å². The summed E-state index contributed by atoms with van der Waals surface area (Å²) in [6.45, 7) is 0. The molecular weight excluding hydrogens is 544 g/mol. The van der Waals surface area contributed by atoms with Crippen molar-refractivity contribution >= 4 is 28.1 Å². The van der Waals surface area contributed by atoms with Crippen molar-refractivity contribution in [3.05, 3.63) is 147 Å². The number of aromatic hydroxyl groups is 1. The molecule has 6 aromatic rings. The van der Waals surface area contributed by atoms with Gasteiger partial charge in [-0.1, -0.05) is 48.5 Å². The van der Waals surface area contributed by atoms with Crippen LogP contribution in [0.1, 0.15) is 29.0 Å². The summed E-state index contributed by atoms with van der Waals surface area (Å²) in [6.07, 6.45) is 2.86. The summed E-state index contributed by atoms with van der Waals surface area (Å²) in [4.78, 5) is 29.1. The summed E-state index contributed by atoms with van der Waals surface area (Å²) in [7, 11) is 0. The van der Waals surface area contributed by atoms with Crippen molar-refractivity contribution in [3.63, 3.8) is 0 Å². The van der Waals surface area contributed by atoms with Crippen LogP contribution >= 0.6 is 0 Å². The topological polar surface area (TPSA) is 124 Å². The summed E-state index contributed by atoms with van der Waals surface area (Å²) < 4.78 is 7.41. The molecule has 9 heteroatoms. The highest BCUT2D eigenvalue weighted by molar-refractivity contribution is 6.07. The first kappa shape index (κ1) is 26.1. The maximum absolute atomic E-state index is 13.3. The molecule has 0 aliphatic carbocycles. The smallest absolute Gasteiger partial charge is 0.349 e. The molecular formula is C34H24N4O5. The van der Waals surface area contributed by atoms with E-state index in [1.165, 1.54) is 12.1 Å². The normalized spacial score (nSPS) is 14.6. The van der Waals surface area contributed by atoms with E-state index >= 15 is 0 Å². The maximum Gasteiger partial charge on any atom is 0.349 e. The fourth-order valence-corrected chi connectivity index (χ4v) is 5.68. The van der Waals surface area contributed by atoms with Gasteiger partial charge in [0, 0.05) is 29.5 Å². The molecule has 0 bridgehead atoms. The SMILES string of the molecule is O=c1oc2ccccc2c(O)c1C1=Nc2ccccc2CC(c2cn(-c3ccccc3)nc2-c2ccc([N+](=O)[O-])cc2)C1. The summed E-state index contributed by atoms with van der Waals surface area (Å²) in [5, 5.41) is 28.0. The van der Waals surface area contributed by atoms with Crippen LogP contribution in [0.4, 0.5) is 11.4 Å². The highest BCUT2D eigenvalue weighted by Crippen LogP contribution is 2.40. The van der Waals surface area contributed by atoms with Crippen molar-refractivity contribution in [1.82, 2.24) is 9.78 Å². The van der Waals surface area contributed by atoms with Gasteiger partial charge in [0.2, 0.25) is 0 Å². The Morgan fingerprint density at radius 1 is 0.884 bits per heavy atom. The van der Waals surface area contributed by atoms with Gasteiger partial charge in [0.25, 0.3) is 5.69 Å².